The van der Waals surface area contributed by atoms with Crippen molar-refractivity contribution in [3.63, 3.8) is 0 Å². The molecular formula is C22H23ClN2O4. The number of fused-ring (bicyclic) bond motifs is 1. The highest BCUT2D eigenvalue weighted by Crippen LogP contribution is 2.30. The molecular weight excluding hydrogens is 392 g/mol. The monoisotopic (exact) mass is 414 g/mol. The molecule has 0 radical (unpaired) electrons. The minimum atomic E-state index is -0.435. The molecule has 7 heteroatoms. The van der Waals surface area contributed by atoms with Crippen LogP contribution in [0.3, 0.4) is 0 Å². The second-order valence-corrected chi connectivity index (χ2v) is 7.13. The number of ether oxygens (including phenoxy) is 2. The number of benzene rings is 2. The SMILES string of the molecule is COc1cc(Cl)c(C)cc1NC(=O)COC(=O)CCCc1c[nH]c2ccccc12. The van der Waals surface area contributed by atoms with Gasteiger partial charge < -0.3 is 19.8 Å². The van der Waals surface area contributed by atoms with Gasteiger partial charge in [-0.3, -0.25) is 9.59 Å². The Balaban J connectivity index is 1.44. The van der Waals surface area contributed by atoms with Gasteiger partial charge in [-0.1, -0.05) is 29.8 Å². The Morgan fingerprint density at radius 2 is 2.00 bits per heavy atom. The van der Waals surface area contributed by atoms with E-state index in [1.54, 1.807) is 12.1 Å². The van der Waals surface area contributed by atoms with E-state index in [2.05, 4.69) is 16.4 Å². The number of aromatic amines is 1. The molecule has 0 bridgehead atoms. The number of carbonyl (C=O) groups is 2. The fourth-order valence-electron chi connectivity index (χ4n) is 3.10. The van der Waals surface area contributed by atoms with Gasteiger partial charge in [0.2, 0.25) is 0 Å². The lowest BCUT2D eigenvalue weighted by atomic mass is 10.1. The fourth-order valence-corrected chi connectivity index (χ4v) is 3.25. The molecule has 0 saturated heterocycles. The van der Waals surface area contributed by atoms with E-state index < -0.39 is 11.9 Å². The summed E-state index contributed by atoms with van der Waals surface area (Å²) in [6, 6.07) is 11.4. The quantitative estimate of drug-likeness (QED) is 0.526. The molecule has 6 nitrogen and oxygen atoms in total. The standard InChI is InChI=1S/C22H23ClN2O4/c1-14-10-19(20(28-2)11-17(14)23)25-21(26)13-29-22(27)9-5-6-15-12-24-18-8-4-3-7-16(15)18/h3-4,7-8,10-12,24H,5-6,9,13H2,1-2H3,(H,25,26). The molecule has 1 heterocycles. The molecule has 0 aliphatic carbocycles. The molecule has 2 aromatic carbocycles. The number of nitrogens with one attached hydrogen (secondary N) is 2. The van der Waals surface area contributed by atoms with Crippen LogP contribution in [-0.2, 0) is 20.7 Å². The number of esters is 1. The van der Waals surface area contributed by atoms with E-state index in [0.717, 1.165) is 28.5 Å². The van der Waals surface area contributed by atoms with E-state index in [0.29, 0.717) is 22.9 Å². The number of methoxy groups -OCH3 is 1. The summed E-state index contributed by atoms with van der Waals surface area (Å²) in [6.07, 6.45) is 3.61. The Labute approximate surface area is 174 Å². The molecule has 0 fully saturated rings. The maximum absolute atomic E-state index is 12.1. The van der Waals surface area contributed by atoms with Crippen molar-refractivity contribution in [1.29, 1.82) is 0 Å². The van der Waals surface area contributed by atoms with Crippen LogP contribution in [0.15, 0.2) is 42.6 Å². The van der Waals surface area contributed by atoms with Crippen molar-refractivity contribution in [2.75, 3.05) is 19.0 Å². The van der Waals surface area contributed by atoms with Crippen LogP contribution < -0.4 is 10.1 Å². The number of para-hydroxylation sites is 1. The molecule has 2 N–H and O–H groups in total. The first-order valence-electron chi connectivity index (χ1n) is 9.32. The van der Waals surface area contributed by atoms with Gasteiger partial charge in [-0.15, -0.1) is 0 Å². The summed E-state index contributed by atoms with van der Waals surface area (Å²) >= 11 is 6.06. The average molecular weight is 415 g/mol. The molecule has 3 rings (SSSR count). The number of carbonyl (C=O) groups excluding carboxylic acids is 2. The molecule has 0 atom stereocenters. The first kappa shape index (κ1) is 20.7. The van der Waals surface area contributed by atoms with Gasteiger partial charge >= 0.3 is 5.97 Å². The van der Waals surface area contributed by atoms with Gasteiger partial charge in [0.15, 0.2) is 6.61 Å². The highest BCUT2D eigenvalue weighted by Gasteiger charge is 2.13. The van der Waals surface area contributed by atoms with E-state index in [1.807, 2.05) is 31.3 Å². The Bertz CT molecular complexity index is 1030. The minimum absolute atomic E-state index is 0.246. The van der Waals surface area contributed by atoms with Crippen molar-refractivity contribution in [2.45, 2.75) is 26.2 Å². The van der Waals surface area contributed by atoms with Crippen LogP contribution in [0.2, 0.25) is 5.02 Å². The van der Waals surface area contributed by atoms with Crippen molar-refractivity contribution in [1.82, 2.24) is 4.98 Å². The summed E-state index contributed by atoms with van der Waals surface area (Å²) in [4.78, 5) is 27.3. The summed E-state index contributed by atoms with van der Waals surface area (Å²) in [6.45, 7) is 1.47. The van der Waals surface area contributed by atoms with Crippen molar-refractivity contribution in [3.05, 3.63) is 58.7 Å². The zero-order chi connectivity index (χ0) is 20.8. The second-order valence-electron chi connectivity index (χ2n) is 6.72. The van der Waals surface area contributed by atoms with E-state index in [4.69, 9.17) is 21.1 Å². The molecule has 152 valence electrons. The van der Waals surface area contributed by atoms with Crippen molar-refractivity contribution in [2.24, 2.45) is 0 Å². The molecule has 0 aliphatic heterocycles. The Morgan fingerprint density at radius 1 is 1.21 bits per heavy atom. The normalized spacial score (nSPS) is 10.7. The molecule has 1 amide bonds. The summed E-state index contributed by atoms with van der Waals surface area (Å²) in [7, 11) is 1.49. The van der Waals surface area contributed by atoms with Crippen LogP contribution in [0.5, 0.6) is 5.75 Å². The van der Waals surface area contributed by atoms with Crippen LogP contribution in [0.1, 0.15) is 24.0 Å². The van der Waals surface area contributed by atoms with Crippen LogP contribution in [0.25, 0.3) is 10.9 Å². The maximum atomic E-state index is 12.1. The van der Waals surface area contributed by atoms with Crippen LogP contribution >= 0.6 is 11.6 Å². The number of amides is 1. The number of hydrogen-bond acceptors (Lipinski definition) is 4. The van der Waals surface area contributed by atoms with Crippen LogP contribution in [0.4, 0.5) is 5.69 Å². The first-order valence-corrected chi connectivity index (χ1v) is 9.70. The minimum Gasteiger partial charge on any atom is -0.495 e. The summed E-state index contributed by atoms with van der Waals surface area (Å²) < 4.78 is 10.3. The number of H-pyrrole nitrogens is 1. The smallest absolute Gasteiger partial charge is 0.306 e. The number of halogens is 1. The van der Waals surface area contributed by atoms with Crippen molar-refractivity contribution in [3.8, 4) is 5.75 Å². The van der Waals surface area contributed by atoms with E-state index in [9.17, 15) is 9.59 Å². The second kappa shape index (κ2) is 9.47. The van der Waals surface area contributed by atoms with Gasteiger partial charge in [0.25, 0.3) is 5.91 Å². The Hall–Kier alpha value is -2.99. The lowest BCUT2D eigenvalue weighted by Crippen LogP contribution is -2.21. The number of rotatable bonds is 8. The van der Waals surface area contributed by atoms with E-state index in [-0.39, 0.29) is 13.0 Å². The largest absolute Gasteiger partial charge is 0.495 e. The molecule has 3 aromatic rings. The lowest BCUT2D eigenvalue weighted by molar-refractivity contribution is -0.147. The Morgan fingerprint density at radius 3 is 2.79 bits per heavy atom. The molecule has 1 aromatic heterocycles. The van der Waals surface area contributed by atoms with Crippen LogP contribution in [-0.4, -0.2) is 30.6 Å². The molecule has 0 saturated carbocycles. The predicted molar refractivity (Wildman–Crippen MR) is 114 cm³/mol. The predicted octanol–water partition coefficient (Wildman–Crippen LogP) is 4.64. The Kier molecular flexibility index (Phi) is 6.77. The summed E-state index contributed by atoms with van der Waals surface area (Å²) in [5.41, 5.74) is 3.53. The average Bonchev–Trinajstić information content (AvgIpc) is 3.12. The third kappa shape index (κ3) is 5.29. The molecule has 29 heavy (non-hydrogen) atoms. The summed E-state index contributed by atoms with van der Waals surface area (Å²) in [5, 5.41) is 4.38. The van der Waals surface area contributed by atoms with Gasteiger partial charge in [0.1, 0.15) is 5.75 Å². The third-order valence-corrected chi connectivity index (χ3v) is 5.03. The van der Waals surface area contributed by atoms with Gasteiger partial charge in [-0.25, -0.2) is 0 Å². The topological polar surface area (TPSA) is 80.4 Å². The highest BCUT2D eigenvalue weighted by atomic mass is 35.5. The zero-order valence-electron chi connectivity index (χ0n) is 16.4. The van der Waals surface area contributed by atoms with Gasteiger partial charge in [-0.2, -0.15) is 0 Å². The molecule has 0 spiro atoms. The third-order valence-electron chi connectivity index (χ3n) is 4.62. The lowest BCUT2D eigenvalue weighted by Gasteiger charge is -2.12. The zero-order valence-corrected chi connectivity index (χ0v) is 17.1. The number of anilines is 1. The highest BCUT2D eigenvalue weighted by molar-refractivity contribution is 6.31. The first-order chi connectivity index (χ1) is 14.0. The van der Waals surface area contributed by atoms with Crippen molar-refractivity contribution < 1.29 is 19.1 Å². The molecule has 0 aliphatic rings. The van der Waals surface area contributed by atoms with E-state index in [1.165, 1.54) is 7.11 Å². The number of hydrogen-bond donors (Lipinski definition) is 2. The summed E-state index contributed by atoms with van der Waals surface area (Å²) in [5.74, 6) is -0.395. The maximum Gasteiger partial charge on any atom is 0.306 e. The van der Waals surface area contributed by atoms with Crippen LogP contribution in [0, 0.1) is 6.92 Å². The van der Waals surface area contributed by atoms with Gasteiger partial charge in [0.05, 0.1) is 12.8 Å². The van der Waals surface area contributed by atoms with Gasteiger partial charge in [0, 0.05) is 34.6 Å². The fraction of sp³-hybridized carbons (Fsp3) is 0.273. The van der Waals surface area contributed by atoms with Crippen molar-refractivity contribution >= 4 is 40.1 Å². The van der Waals surface area contributed by atoms with Gasteiger partial charge in [-0.05, 0) is 43.0 Å². The number of aromatic nitrogens is 1. The number of aryl methyl sites for hydroxylation is 2. The van der Waals surface area contributed by atoms with E-state index >= 15 is 0 Å². The molecule has 0 unspecified atom stereocenters.